The van der Waals surface area contributed by atoms with Crippen molar-refractivity contribution >= 4 is 5.69 Å². The second kappa shape index (κ2) is 4.47. The van der Waals surface area contributed by atoms with Crippen molar-refractivity contribution < 1.29 is 0 Å². The number of nitrogens with two attached hydrogens (primary N) is 1. The van der Waals surface area contributed by atoms with Gasteiger partial charge >= 0.3 is 0 Å². The summed E-state index contributed by atoms with van der Waals surface area (Å²) in [6, 6.07) is 8.47. The molecule has 1 rings (SSSR count). The highest BCUT2D eigenvalue weighted by atomic mass is 14.9. The standard InChI is InChI=1S/C12H20N2/c1-12(2,3)14-11-6-4-10(5-7-11)8-9-13/h4-7,14H,8-9,13H2,1-3H3. The lowest BCUT2D eigenvalue weighted by molar-refractivity contribution is 0.634. The maximum Gasteiger partial charge on any atom is 0.0344 e. The Morgan fingerprint density at radius 2 is 1.71 bits per heavy atom. The fourth-order valence-corrected chi connectivity index (χ4v) is 1.35. The third-order valence-electron chi connectivity index (χ3n) is 1.91. The molecule has 1 aromatic carbocycles. The summed E-state index contributed by atoms with van der Waals surface area (Å²) in [6.07, 6.45) is 0.954. The van der Waals surface area contributed by atoms with Gasteiger partial charge in [-0.05, 0) is 51.4 Å². The van der Waals surface area contributed by atoms with Gasteiger partial charge in [0, 0.05) is 11.2 Å². The Bertz CT molecular complexity index is 269. The highest BCUT2D eigenvalue weighted by Gasteiger charge is 2.08. The van der Waals surface area contributed by atoms with Crippen LogP contribution >= 0.6 is 0 Å². The van der Waals surface area contributed by atoms with E-state index in [2.05, 4.69) is 50.4 Å². The molecule has 0 bridgehead atoms. The van der Waals surface area contributed by atoms with E-state index in [1.54, 1.807) is 0 Å². The smallest absolute Gasteiger partial charge is 0.0344 e. The number of rotatable bonds is 3. The minimum Gasteiger partial charge on any atom is -0.380 e. The predicted octanol–water partition coefficient (Wildman–Crippen LogP) is 2.40. The van der Waals surface area contributed by atoms with E-state index >= 15 is 0 Å². The van der Waals surface area contributed by atoms with Crippen molar-refractivity contribution in [2.24, 2.45) is 5.73 Å². The number of anilines is 1. The Kier molecular flexibility index (Phi) is 3.53. The largest absolute Gasteiger partial charge is 0.380 e. The molecule has 0 saturated heterocycles. The Labute approximate surface area is 86.5 Å². The average molecular weight is 192 g/mol. The Morgan fingerprint density at radius 1 is 1.14 bits per heavy atom. The van der Waals surface area contributed by atoms with Gasteiger partial charge in [-0.3, -0.25) is 0 Å². The van der Waals surface area contributed by atoms with Gasteiger partial charge < -0.3 is 11.1 Å². The molecule has 0 saturated carbocycles. The van der Waals surface area contributed by atoms with Crippen LogP contribution in [0.4, 0.5) is 5.69 Å². The van der Waals surface area contributed by atoms with Crippen LogP contribution < -0.4 is 11.1 Å². The molecule has 2 nitrogen and oxygen atoms in total. The van der Waals surface area contributed by atoms with Gasteiger partial charge in [0.25, 0.3) is 0 Å². The minimum atomic E-state index is 0.120. The summed E-state index contributed by atoms with van der Waals surface area (Å²) in [4.78, 5) is 0. The first-order valence-corrected chi connectivity index (χ1v) is 5.08. The first-order chi connectivity index (χ1) is 6.51. The molecule has 0 amide bonds. The van der Waals surface area contributed by atoms with Gasteiger partial charge in [-0.2, -0.15) is 0 Å². The molecule has 78 valence electrons. The van der Waals surface area contributed by atoms with Gasteiger partial charge in [0.1, 0.15) is 0 Å². The normalized spacial score (nSPS) is 11.4. The molecule has 0 unspecified atom stereocenters. The maximum absolute atomic E-state index is 5.48. The Balaban J connectivity index is 2.64. The van der Waals surface area contributed by atoms with Crippen molar-refractivity contribution in [1.82, 2.24) is 0 Å². The number of hydrogen-bond acceptors (Lipinski definition) is 2. The highest BCUT2D eigenvalue weighted by molar-refractivity contribution is 5.46. The van der Waals surface area contributed by atoms with E-state index in [-0.39, 0.29) is 5.54 Å². The van der Waals surface area contributed by atoms with Crippen LogP contribution in [0.3, 0.4) is 0 Å². The summed E-state index contributed by atoms with van der Waals surface area (Å²) >= 11 is 0. The van der Waals surface area contributed by atoms with Crippen LogP contribution in [0.5, 0.6) is 0 Å². The molecule has 0 heterocycles. The van der Waals surface area contributed by atoms with Crippen LogP contribution in [0, 0.1) is 0 Å². The molecule has 3 N–H and O–H groups in total. The molecule has 0 aromatic heterocycles. The average Bonchev–Trinajstić information content (AvgIpc) is 2.06. The molecule has 0 spiro atoms. The highest BCUT2D eigenvalue weighted by Crippen LogP contribution is 2.15. The van der Waals surface area contributed by atoms with E-state index in [1.165, 1.54) is 11.3 Å². The summed E-state index contributed by atoms with van der Waals surface area (Å²) in [7, 11) is 0. The van der Waals surface area contributed by atoms with Crippen LogP contribution in [-0.4, -0.2) is 12.1 Å². The van der Waals surface area contributed by atoms with Gasteiger partial charge in [-0.1, -0.05) is 12.1 Å². The van der Waals surface area contributed by atoms with E-state index < -0.39 is 0 Å². The quantitative estimate of drug-likeness (QED) is 0.771. The lowest BCUT2D eigenvalue weighted by Gasteiger charge is -2.22. The summed E-state index contributed by atoms with van der Waals surface area (Å²) in [5.74, 6) is 0. The summed E-state index contributed by atoms with van der Waals surface area (Å²) in [5.41, 5.74) is 8.07. The molecule has 0 aliphatic carbocycles. The van der Waals surface area contributed by atoms with Crippen molar-refractivity contribution in [3.05, 3.63) is 29.8 Å². The van der Waals surface area contributed by atoms with Gasteiger partial charge in [0.15, 0.2) is 0 Å². The molecule has 1 aromatic rings. The second-order valence-corrected chi connectivity index (χ2v) is 4.61. The van der Waals surface area contributed by atoms with E-state index in [9.17, 15) is 0 Å². The predicted molar refractivity (Wildman–Crippen MR) is 62.6 cm³/mol. The van der Waals surface area contributed by atoms with Crippen molar-refractivity contribution in [2.45, 2.75) is 32.7 Å². The molecule has 0 fully saturated rings. The maximum atomic E-state index is 5.48. The lowest BCUT2D eigenvalue weighted by Crippen LogP contribution is -2.25. The molecule has 0 atom stereocenters. The Hall–Kier alpha value is -1.02. The van der Waals surface area contributed by atoms with Gasteiger partial charge in [0.05, 0.1) is 0 Å². The molecule has 14 heavy (non-hydrogen) atoms. The number of nitrogens with one attached hydrogen (secondary N) is 1. The topological polar surface area (TPSA) is 38.0 Å². The fourth-order valence-electron chi connectivity index (χ4n) is 1.35. The third kappa shape index (κ3) is 3.79. The SMILES string of the molecule is CC(C)(C)Nc1ccc(CCN)cc1. The summed E-state index contributed by atoms with van der Waals surface area (Å²) in [5, 5.41) is 3.42. The van der Waals surface area contributed by atoms with Crippen LogP contribution in [0.15, 0.2) is 24.3 Å². The van der Waals surface area contributed by atoms with E-state index in [4.69, 9.17) is 5.73 Å². The van der Waals surface area contributed by atoms with Crippen LogP contribution in [-0.2, 0) is 6.42 Å². The van der Waals surface area contributed by atoms with E-state index in [0.29, 0.717) is 6.54 Å². The molecule has 0 aliphatic heterocycles. The monoisotopic (exact) mass is 192 g/mol. The summed E-state index contributed by atoms with van der Waals surface area (Å²) in [6.45, 7) is 7.18. The fraction of sp³-hybridized carbons (Fsp3) is 0.500. The van der Waals surface area contributed by atoms with E-state index in [0.717, 1.165) is 6.42 Å². The van der Waals surface area contributed by atoms with Crippen molar-refractivity contribution in [1.29, 1.82) is 0 Å². The lowest BCUT2D eigenvalue weighted by atomic mass is 10.1. The molecular formula is C12H20N2. The second-order valence-electron chi connectivity index (χ2n) is 4.61. The van der Waals surface area contributed by atoms with Crippen LogP contribution in [0.1, 0.15) is 26.3 Å². The molecule has 0 radical (unpaired) electrons. The van der Waals surface area contributed by atoms with Gasteiger partial charge in [0.2, 0.25) is 0 Å². The van der Waals surface area contributed by atoms with Crippen molar-refractivity contribution in [3.63, 3.8) is 0 Å². The van der Waals surface area contributed by atoms with Crippen molar-refractivity contribution in [3.8, 4) is 0 Å². The summed E-state index contributed by atoms with van der Waals surface area (Å²) < 4.78 is 0. The van der Waals surface area contributed by atoms with Crippen LogP contribution in [0.25, 0.3) is 0 Å². The zero-order chi connectivity index (χ0) is 10.6. The van der Waals surface area contributed by atoms with Gasteiger partial charge in [-0.25, -0.2) is 0 Å². The molecule has 0 aliphatic rings. The minimum absolute atomic E-state index is 0.120. The van der Waals surface area contributed by atoms with Crippen molar-refractivity contribution in [2.75, 3.05) is 11.9 Å². The number of hydrogen-bond donors (Lipinski definition) is 2. The van der Waals surface area contributed by atoms with E-state index in [1.807, 2.05) is 0 Å². The van der Waals surface area contributed by atoms with Gasteiger partial charge in [-0.15, -0.1) is 0 Å². The Morgan fingerprint density at radius 3 is 2.14 bits per heavy atom. The molecule has 2 heteroatoms. The van der Waals surface area contributed by atoms with Crippen LogP contribution in [0.2, 0.25) is 0 Å². The number of benzene rings is 1. The first kappa shape index (κ1) is 11.1. The third-order valence-corrected chi connectivity index (χ3v) is 1.91. The zero-order valence-electron chi connectivity index (χ0n) is 9.30. The zero-order valence-corrected chi connectivity index (χ0v) is 9.30. The first-order valence-electron chi connectivity index (χ1n) is 5.08. The molecular weight excluding hydrogens is 172 g/mol.